The van der Waals surface area contributed by atoms with E-state index in [0.717, 1.165) is 66.4 Å². The Morgan fingerprint density at radius 3 is 2.51 bits per heavy atom. The molecule has 250 valence electrons. The highest BCUT2D eigenvalue weighted by Crippen LogP contribution is 2.41. The maximum absolute atomic E-state index is 14.0. The monoisotopic (exact) mass is 658 g/mol. The van der Waals surface area contributed by atoms with E-state index in [1.165, 1.54) is 12.8 Å². The summed E-state index contributed by atoms with van der Waals surface area (Å²) in [6.45, 7) is 3.74. The van der Waals surface area contributed by atoms with Crippen molar-refractivity contribution < 1.29 is 14.3 Å². The summed E-state index contributed by atoms with van der Waals surface area (Å²) in [4.78, 5) is 36.7. The molecule has 4 aromatic heterocycles. The van der Waals surface area contributed by atoms with Gasteiger partial charge in [-0.25, -0.2) is 15.0 Å². The summed E-state index contributed by atoms with van der Waals surface area (Å²) in [7, 11) is 3.29. The van der Waals surface area contributed by atoms with Crippen molar-refractivity contribution in [3.63, 3.8) is 0 Å². The second-order valence-electron chi connectivity index (χ2n) is 14.0. The number of aromatic nitrogens is 6. The Balaban J connectivity index is 1.15. The Bertz CT molecular complexity index is 2160. The van der Waals surface area contributed by atoms with Gasteiger partial charge in [-0.3, -0.25) is 4.79 Å². The van der Waals surface area contributed by atoms with Crippen LogP contribution in [-0.4, -0.2) is 85.8 Å². The van der Waals surface area contributed by atoms with Crippen LogP contribution >= 0.6 is 0 Å². The molecule has 13 heteroatoms. The molecule has 4 fully saturated rings. The number of hydrogen-bond acceptors (Lipinski definition) is 10. The van der Waals surface area contributed by atoms with Crippen molar-refractivity contribution in [3.8, 4) is 29.2 Å². The number of rotatable bonds is 9. The lowest BCUT2D eigenvalue weighted by Crippen LogP contribution is -2.49. The highest BCUT2D eigenvalue weighted by atomic mass is 16.5. The van der Waals surface area contributed by atoms with E-state index in [2.05, 4.69) is 30.1 Å². The summed E-state index contributed by atoms with van der Waals surface area (Å²) in [5.41, 5.74) is 10.5. The molecule has 2 aliphatic carbocycles. The third-order valence-corrected chi connectivity index (χ3v) is 10.9. The molecule has 0 unspecified atom stereocenters. The second-order valence-corrected chi connectivity index (χ2v) is 14.0. The fourth-order valence-electron chi connectivity index (χ4n) is 8.19. The summed E-state index contributed by atoms with van der Waals surface area (Å²) in [6.07, 6.45) is 6.04. The summed E-state index contributed by atoms with van der Waals surface area (Å²) in [5.74, 6) is 4.12. The topological polar surface area (TPSA) is 153 Å². The van der Waals surface area contributed by atoms with E-state index in [9.17, 15) is 10.1 Å². The first kappa shape index (κ1) is 29.9. The van der Waals surface area contributed by atoms with Gasteiger partial charge in [-0.15, -0.1) is 0 Å². The largest absolute Gasteiger partial charge is 0.494 e. The quantitative estimate of drug-likeness (QED) is 0.247. The molecule has 2 N–H and O–H groups in total. The van der Waals surface area contributed by atoms with E-state index in [0.29, 0.717) is 47.6 Å². The lowest BCUT2D eigenvalue weighted by molar-refractivity contribution is 0.0700. The van der Waals surface area contributed by atoms with Gasteiger partial charge in [-0.2, -0.15) is 10.2 Å². The molecule has 1 aromatic carbocycles. The van der Waals surface area contributed by atoms with Crippen LogP contribution in [0, 0.1) is 29.1 Å². The predicted molar refractivity (Wildman–Crippen MR) is 182 cm³/mol. The number of anilines is 1. The summed E-state index contributed by atoms with van der Waals surface area (Å²) < 4.78 is 16.1. The molecule has 2 aliphatic heterocycles. The minimum Gasteiger partial charge on any atom is -0.494 e. The van der Waals surface area contributed by atoms with Gasteiger partial charge in [-0.1, -0.05) is 0 Å². The number of likely N-dealkylation sites (tertiary alicyclic amines) is 1. The van der Waals surface area contributed by atoms with Crippen LogP contribution in [-0.2, 0) is 13.1 Å². The zero-order valence-electron chi connectivity index (χ0n) is 27.6. The number of ether oxygens (including phenoxy) is 2. The van der Waals surface area contributed by atoms with Crippen LogP contribution in [0.5, 0.6) is 11.6 Å². The number of carbonyl (C=O) groups excluding carboxylic acids is 1. The average Bonchev–Trinajstić information content (AvgIpc) is 3.48. The van der Waals surface area contributed by atoms with Crippen LogP contribution < -0.4 is 20.1 Å². The number of nitrogens with two attached hydrogens (primary N) is 1. The summed E-state index contributed by atoms with van der Waals surface area (Å²) in [6, 6.07) is 13.9. The lowest BCUT2D eigenvalue weighted by Gasteiger charge is -2.40. The van der Waals surface area contributed by atoms with E-state index in [1.807, 2.05) is 41.3 Å². The van der Waals surface area contributed by atoms with Crippen LogP contribution in [0.2, 0.25) is 0 Å². The van der Waals surface area contributed by atoms with E-state index in [-0.39, 0.29) is 29.7 Å². The first-order valence-electron chi connectivity index (χ1n) is 17.1. The molecule has 3 atom stereocenters. The zero-order valence-corrected chi connectivity index (χ0v) is 27.6. The molecule has 1 amide bonds. The fourth-order valence-corrected chi connectivity index (χ4v) is 8.19. The number of imidazole rings is 1. The normalized spacial score (nSPS) is 21.8. The van der Waals surface area contributed by atoms with Crippen LogP contribution in [0.3, 0.4) is 0 Å². The summed E-state index contributed by atoms with van der Waals surface area (Å²) in [5, 5.41) is 10.3. The van der Waals surface area contributed by atoms with Gasteiger partial charge in [0.15, 0.2) is 5.82 Å². The number of benzene rings is 1. The van der Waals surface area contributed by atoms with Gasteiger partial charge in [-0.05, 0) is 67.9 Å². The van der Waals surface area contributed by atoms with E-state index in [4.69, 9.17) is 25.2 Å². The van der Waals surface area contributed by atoms with Gasteiger partial charge >= 0.3 is 0 Å². The van der Waals surface area contributed by atoms with Gasteiger partial charge in [0.05, 0.1) is 25.4 Å². The zero-order chi connectivity index (χ0) is 33.4. The number of methoxy groups -OCH3 is 2. The number of nitriles is 1. The van der Waals surface area contributed by atoms with E-state index >= 15 is 0 Å². The Kier molecular flexibility index (Phi) is 6.98. The highest BCUT2D eigenvalue weighted by molar-refractivity contribution is 6.00. The molecular formula is C36H38N10O3. The standard InChI is InChI=1S/C36H38N10O3/c1-48-28-13-24(36(47)45-19-23-5-7-26(45)32(23)38)11-25-33(28)46(18-21-15-43(16-21)30-9-10-39-29(14-37)41-30)35(40-25)27-12-22-6-8-31(49-2)42-34(22)44(27)17-20-3-4-20/h6,8-13,20-21,23,26,32H,3-5,7,15-19,38H2,1-2H3/t23-,26-,32-/m1/s1. The fraction of sp³-hybridized carbons (Fsp3) is 0.444. The SMILES string of the molecule is COc1ccc2cc(-c3nc4cc(C(=O)N5C[C@H]6CC[C@@H]5[C@@H]6N)cc(OC)c4n3CC3CN(c4ccnc(C#N)n4)C3)n(CC3CC3)c2n1. The van der Waals surface area contributed by atoms with Crippen LogP contribution in [0.1, 0.15) is 41.9 Å². The van der Waals surface area contributed by atoms with Gasteiger partial charge in [0.2, 0.25) is 11.7 Å². The molecule has 0 radical (unpaired) electrons. The van der Waals surface area contributed by atoms with Gasteiger partial charge in [0, 0.05) is 73.9 Å². The van der Waals surface area contributed by atoms with Crippen LogP contribution in [0.4, 0.5) is 5.82 Å². The van der Waals surface area contributed by atoms with Crippen LogP contribution in [0.25, 0.3) is 33.6 Å². The molecule has 5 aromatic rings. The summed E-state index contributed by atoms with van der Waals surface area (Å²) >= 11 is 0. The van der Waals surface area contributed by atoms with Crippen molar-refractivity contribution in [2.24, 2.45) is 23.5 Å². The Hall–Kier alpha value is -5.22. The van der Waals surface area contributed by atoms with Crippen LogP contribution in [0.15, 0.2) is 42.6 Å². The Labute approximate surface area is 283 Å². The maximum Gasteiger partial charge on any atom is 0.254 e. The molecule has 2 saturated carbocycles. The van der Waals surface area contributed by atoms with Crippen molar-refractivity contribution in [1.29, 1.82) is 5.26 Å². The third kappa shape index (κ3) is 4.96. The molecule has 2 saturated heterocycles. The third-order valence-electron chi connectivity index (χ3n) is 10.9. The first-order chi connectivity index (χ1) is 23.9. The van der Waals surface area contributed by atoms with Crippen molar-refractivity contribution in [2.45, 2.75) is 50.9 Å². The predicted octanol–water partition coefficient (Wildman–Crippen LogP) is 3.84. The number of pyridine rings is 1. The number of nitrogens with zero attached hydrogens (tertiary/aromatic N) is 9. The first-order valence-corrected chi connectivity index (χ1v) is 17.1. The molecular weight excluding hydrogens is 620 g/mol. The average molecular weight is 659 g/mol. The van der Waals surface area contributed by atoms with E-state index in [1.54, 1.807) is 20.4 Å². The van der Waals surface area contributed by atoms with Gasteiger partial charge in [0.25, 0.3) is 5.91 Å². The molecule has 2 bridgehead atoms. The van der Waals surface area contributed by atoms with Crippen molar-refractivity contribution in [1.82, 2.24) is 34.0 Å². The minimum absolute atomic E-state index is 0.0192. The number of fused-ring (bicyclic) bond motifs is 4. The highest BCUT2D eigenvalue weighted by Gasteiger charge is 2.47. The molecule has 13 nitrogen and oxygen atoms in total. The number of piperidine rings is 1. The maximum atomic E-state index is 14.0. The minimum atomic E-state index is -0.0192. The smallest absolute Gasteiger partial charge is 0.254 e. The molecule has 49 heavy (non-hydrogen) atoms. The molecule has 0 spiro atoms. The Morgan fingerprint density at radius 1 is 0.959 bits per heavy atom. The Morgan fingerprint density at radius 2 is 1.80 bits per heavy atom. The lowest BCUT2D eigenvalue weighted by atomic mass is 9.99. The molecule has 4 aliphatic rings. The number of carbonyl (C=O) groups is 1. The molecule has 6 heterocycles. The van der Waals surface area contributed by atoms with Gasteiger partial charge in [0.1, 0.15) is 28.8 Å². The second kappa shape index (κ2) is 11.4. The van der Waals surface area contributed by atoms with Crippen molar-refractivity contribution >= 4 is 33.8 Å². The van der Waals surface area contributed by atoms with Gasteiger partial charge < -0.3 is 34.1 Å². The van der Waals surface area contributed by atoms with Crippen molar-refractivity contribution in [3.05, 3.63) is 54.0 Å². The van der Waals surface area contributed by atoms with E-state index < -0.39 is 0 Å². The number of hydrogen-bond donors (Lipinski definition) is 1. The molecule has 9 rings (SSSR count). The number of amides is 1. The van der Waals surface area contributed by atoms with Crippen molar-refractivity contribution in [2.75, 3.05) is 38.8 Å².